The summed E-state index contributed by atoms with van der Waals surface area (Å²) in [6, 6.07) is 5.09. The third-order valence-electron chi connectivity index (χ3n) is 3.68. The van der Waals surface area contributed by atoms with Gasteiger partial charge in [-0.2, -0.15) is 0 Å². The summed E-state index contributed by atoms with van der Waals surface area (Å²) in [5.74, 6) is -0.253. The van der Waals surface area contributed by atoms with Gasteiger partial charge in [0, 0.05) is 32.2 Å². The molecule has 122 valence electrons. The molecule has 23 heavy (non-hydrogen) atoms. The van der Waals surface area contributed by atoms with Crippen LogP contribution in [0.1, 0.15) is 5.76 Å². The first-order chi connectivity index (χ1) is 11.0. The second kappa shape index (κ2) is 6.23. The number of aryl methyl sites for hydroxylation is 1. The highest BCUT2D eigenvalue weighted by Crippen LogP contribution is 2.24. The summed E-state index contributed by atoms with van der Waals surface area (Å²) in [6.07, 6.45) is 0. The molecule has 0 atom stereocenters. The Labute approximate surface area is 131 Å². The Kier molecular flexibility index (Phi) is 4.14. The summed E-state index contributed by atoms with van der Waals surface area (Å²) in [5, 5.41) is 6.32. The third kappa shape index (κ3) is 3.25. The average molecular weight is 322 g/mol. The molecule has 1 saturated heterocycles. The largest absolute Gasteiger partial charge is 0.363 e. The van der Waals surface area contributed by atoms with E-state index in [1.807, 2.05) is 0 Å². The number of carbonyl (C=O) groups is 1. The predicted octanol–water partition coefficient (Wildman–Crippen LogP) is 2.62. The highest BCUT2D eigenvalue weighted by Gasteiger charge is 2.25. The lowest BCUT2D eigenvalue weighted by atomic mass is 10.2. The van der Waals surface area contributed by atoms with Gasteiger partial charge in [-0.3, -0.25) is 5.32 Å². The number of rotatable bonds is 2. The molecule has 6 nitrogen and oxygen atoms in total. The Hall–Kier alpha value is -2.64. The van der Waals surface area contributed by atoms with Crippen molar-refractivity contribution in [3.05, 3.63) is 41.7 Å². The van der Waals surface area contributed by atoms with E-state index in [-0.39, 0.29) is 11.7 Å². The van der Waals surface area contributed by atoms with E-state index in [1.165, 1.54) is 18.2 Å². The lowest BCUT2D eigenvalue weighted by Gasteiger charge is -2.36. The van der Waals surface area contributed by atoms with Crippen molar-refractivity contribution in [1.29, 1.82) is 0 Å². The zero-order valence-electron chi connectivity index (χ0n) is 12.6. The average Bonchev–Trinajstić information content (AvgIpc) is 2.93. The minimum absolute atomic E-state index is 0.0420. The summed E-state index contributed by atoms with van der Waals surface area (Å²) in [4.78, 5) is 15.3. The fraction of sp³-hybridized carbons (Fsp3) is 0.333. The van der Waals surface area contributed by atoms with Crippen LogP contribution in [0.2, 0.25) is 0 Å². The van der Waals surface area contributed by atoms with Crippen LogP contribution in [0.25, 0.3) is 0 Å². The van der Waals surface area contributed by atoms with E-state index in [0.29, 0.717) is 37.8 Å². The Bertz CT molecular complexity index is 691. The topological polar surface area (TPSA) is 61.6 Å². The van der Waals surface area contributed by atoms with E-state index >= 15 is 0 Å². The van der Waals surface area contributed by atoms with E-state index in [9.17, 15) is 13.6 Å². The van der Waals surface area contributed by atoms with Crippen LogP contribution in [-0.2, 0) is 0 Å². The number of hydrogen-bond donors (Lipinski definition) is 1. The maximum Gasteiger partial charge on any atom is 0.323 e. The first-order valence-electron chi connectivity index (χ1n) is 7.23. The fourth-order valence-corrected chi connectivity index (χ4v) is 2.54. The van der Waals surface area contributed by atoms with Gasteiger partial charge in [0.15, 0.2) is 5.82 Å². The fourth-order valence-electron chi connectivity index (χ4n) is 2.54. The van der Waals surface area contributed by atoms with Crippen LogP contribution in [0, 0.1) is 18.6 Å². The van der Waals surface area contributed by atoms with Gasteiger partial charge in [0.2, 0.25) is 0 Å². The quantitative estimate of drug-likeness (QED) is 0.923. The SMILES string of the molecule is Cc1cc(NC(=O)N2CCN(c3c(F)cccc3F)CC2)no1. The Morgan fingerprint density at radius 3 is 2.43 bits per heavy atom. The van der Waals surface area contributed by atoms with E-state index < -0.39 is 11.6 Å². The second-order valence-corrected chi connectivity index (χ2v) is 5.30. The minimum Gasteiger partial charge on any atom is -0.363 e. The summed E-state index contributed by atoms with van der Waals surface area (Å²) in [7, 11) is 0. The Morgan fingerprint density at radius 1 is 1.22 bits per heavy atom. The standard InChI is InChI=1S/C15H16F2N4O2/c1-10-9-13(19-23-10)18-15(22)21-7-5-20(6-8-21)14-11(16)3-2-4-12(14)17/h2-4,9H,5-8H2,1H3,(H,18,19,22). The van der Waals surface area contributed by atoms with Gasteiger partial charge >= 0.3 is 6.03 Å². The monoisotopic (exact) mass is 322 g/mol. The molecule has 0 bridgehead atoms. The summed E-state index contributed by atoms with van der Waals surface area (Å²) < 4.78 is 32.5. The molecule has 1 aromatic heterocycles. The van der Waals surface area contributed by atoms with E-state index in [4.69, 9.17) is 4.52 Å². The Morgan fingerprint density at radius 2 is 1.87 bits per heavy atom. The van der Waals surface area contributed by atoms with Gasteiger partial charge in [0.25, 0.3) is 0 Å². The van der Waals surface area contributed by atoms with Crippen molar-refractivity contribution in [1.82, 2.24) is 10.1 Å². The molecule has 3 rings (SSSR count). The molecule has 0 radical (unpaired) electrons. The first-order valence-corrected chi connectivity index (χ1v) is 7.23. The normalized spacial score (nSPS) is 14.9. The molecule has 0 spiro atoms. The van der Waals surface area contributed by atoms with Crippen molar-refractivity contribution in [2.45, 2.75) is 6.92 Å². The van der Waals surface area contributed by atoms with Gasteiger partial charge in [0.1, 0.15) is 23.1 Å². The lowest BCUT2D eigenvalue weighted by Crippen LogP contribution is -2.50. The number of carbonyl (C=O) groups excluding carboxylic acids is 1. The van der Waals surface area contributed by atoms with Gasteiger partial charge in [-0.25, -0.2) is 13.6 Å². The lowest BCUT2D eigenvalue weighted by molar-refractivity contribution is 0.207. The molecule has 1 fully saturated rings. The molecule has 2 aromatic rings. The number of nitrogens with one attached hydrogen (secondary N) is 1. The predicted molar refractivity (Wildman–Crippen MR) is 80.4 cm³/mol. The molecule has 1 aromatic carbocycles. The maximum atomic E-state index is 13.8. The summed E-state index contributed by atoms with van der Waals surface area (Å²) in [5.41, 5.74) is -0.0420. The zero-order valence-corrected chi connectivity index (χ0v) is 12.6. The van der Waals surface area contributed by atoms with Crippen molar-refractivity contribution in [2.24, 2.45) is 0 Å². The molecule has 1 aliphatic heterocycles. The van der Waals surface area contributed by atoms with Crippen molar-refractivity contribution >= 4 is 17.5 Å². The zero-order chi connectivity index (χ0) is 16.4. The van der Waals surface area contributed by atoms with Crippen LogP contribution >= 0.6 is 0 Å². The van der Waals surface area contributed by atoms with Crippen molar-refractivity contribution in [2.75, 3.05) is 36.4 Å². The number of amides is 2. The number of halogens is 2. The number of urea groups is 1. The van der Waals surface area contributed by atoms with Crippen LogP contribution in [0.4, 0.5) is 25.1 Å². The molecule has 2 amide bonds. The smallest absolute Gasteiger partial charge is 0.323 e. The van der Waals surface area contributed by atoms with Gasteiger partial charge in [-0.1, -0.05) is 11.2 Å². The van der Waals surface area contributed by atoms with Gasteiger partial charge in [0.05, 0.1) is 0 Å². The highest BCUT2D eigenvalue weighted by molar-refractivity contribution is 5.88. The van der Waals surface area contributed by atoms with Crippen LogP contribution in [0.3, 0.4) is 0 Å². The van der Waals surface area contributed by atoms with Crippen LogP contribution in [0.15, 0.2) is 28.8 Å². The molecular formula is C15H16F2N4O2. The highest BCUT2D eigenvalue weighted by atomic mass is 19.1. The van der Waals surface area contributed by atoms with Crippen molar-refractivity contribution in [3.8, 4) is 0 Å². The number of para-hydroxylation sites is 1. The Balaban J connectivity index is 1.61. The number of benzene rings is 1. The number of nitrogens with zero attached hydrogens (tertiary/aromatic N) is 3. The van der Waals surface area contributed by atoms with Crippen LogP contribution in [-0.4, -0.2) is 42.3 Å². The molecule has 8 heteroatoms. The number of hydrogen-bond acceptors (Lipinski definition) is 4. The molecule has 0 saturated carbocycles. The molecule has 1 N–H and O–H groups in total. The summed E-state index contributed by atoms with van der Waals surface area (Å²) in [6.45, 7) is 3.14. The number of aromatic nitrogens is 1. The second-order valence-electron chi connectivity index (χ2n) is 5.30. The van der Waals surface area contributed by atoms with E-state index in [0.717, 1.165) is 0 Å². The maximum absolute atomic E-state index is 13.8. The third-order valence-corrected chi connectivity index (χ3v) is 3.68. The van der Waals surface area contributed by atoms with Crippen molar-refractivity contribution < 1.29 is 18.1 Å². The molecule has 2 heterocycles. The first kappa shape index (κ1) is 15.3. The van der Waals surface area contributed by atoms with Gasteiger partial charge in [-0.05, 0) is 19.1 Å². The molecule has 0 aliphatic carbocycles. The number of piperazine rings is 1. The molecule has 1 aliphatic rings. The summed E-state index contributed by atoms with van der Waals surface area (Å²) >= 11 is 0. The van der Waals surface area contributed by atoms with Crippen LogP contribution in [0.5, 0.6) is 0 Å². The molecular weight excluding hydrogens is 306 g/mol. The van der Waals surface area contributed by atoms with E-state index in [2.05, 4.69) is 10.5 Å². The van der Waals surface area contributed by atoms with Gasteiger partial charge < -0.3 is 14.3 Å². The number of anilines is 2. The van der Waals surface area contributed by atoms with E-state index in [1.54, 1.807) is 22.8 Å². The van der Waals surface area contributed by atoms with Crippen molar-refractivity contribution in [3.63, 3.8) is 0 Å². The van der Waals surface area contributed by atoms with Gasteiger partial charge in [-0.15, -0.1) is 0 Å². The van der Waals surface area contributed by atoms with Crippen LogP contribution < -0.4 is 10.2 Å². The minimum atomic E-state index is -0.596. The molecule has 0 unspecified atom stereocenters.